The molecule has 2 aliphatic rings. The topological polar surface area (TPSA) is 66.4 Å². The van der Waals surface area contributed by atoms with Gasteiger partial charge in [0.1, 0.15) is 5.54 Å². The summed E-state index contributed by atoms with van der Waals surface area (Å²) in [5.41, 5.74) is 0.344. The molecule has 0 unspecified atom stereocenters. The Morgan fingerprint density at radius 1 is 1.00 bits per heavy atom. The lowest BCUT2D eigenvalue weighted by Gasteiger charge is -2.32. The smallest absolute Gasteiger partial charge is 0.329 e. The van der Waals surface area contributed by atoms with Gasteiger partial charge in [0.2, 0.25) is 5.91 Å². The van der Waals surface area contributed by atoms with Crippen molar-refractivity contribution in [3.8, 4) is 0 Å². The van der Waals surface area contributed by atoms with Gasteiger partial charge in [0, 0.05) is 5.92 Å². The Kier molecular flexibility index (Phi) is 4.69. The molecule has 2 saturated carbocycles. The van der Waals surface area contributed by atoms with Crippen molar-refractivity contribution in [2.45, 2.75) is 62.8 Å². The first kappa shape index (κ1) is 16.0. The Balaban J connectivity index is 1.57. The minimum atomic E-state index is -1.01. The fraction of sp³-hybridized carbons (Fsp3) is 0.579. The van der Waals surface area contributed by atoms with Crippen molar-refractivity contribution in [3.05, 3.63) is 35.9 Å². The molecule has 2 fully saturated rings. The van der Waals surface area contributed by atoms with E-state index in [1.165, 1.54) is 5.56 Å². The van der Waals surface area contributed by atoms with E-state index in [2.05, 4.69) is 29.6 Å². The Bertz CT molecular complexity index is 555. The van der Waals surface area contributed by atoms with Crippen LogP contribution in [0.1, 0.15) is 62.8 Å². The summed E-state index contributed by atoms with van der Waals surface area (Å²) >= 11 is 0. The van der Waals surface area contributed by atoms with E-state index in [1.54, 1.807) is 0 Å². The van der Waals surface area contributed by atoms with Crippen molar-refractivity contribution >= 4 is 11.9 Å². The summed E-state index contributed by atoms with van der Waals surface area (Å²) in [4.78, 5) is 24.1. The van der Waals surface area contributed by atoms with Crippen molar-refractivity contribution in [2.75, 3.05) is 0 Å². The predicted octanol–water partition coefficient (Wildman–Crippen LogP) is 3.47. The maximum absolute atomic E-state index is 12.5. The molecule has 0 saturated heterocycles. The first-order valence-corrected chi connectivity index (χ1v) is 8.71. The quantitative estimate of drug-likeness (QED) is 0.894. The van der Waals surface area contributed by atoms with Crippen molar-refractivity contribution < 1.29 is 14.7 Å². The highest BCUT2D eigenvalue weighted by Gasteiger charge is 2.43. The largest absolute Gasteiger partial charge is 0.480 e. The van der Waals surface area contributed by atoms with Gasteiger partial charge in [0.05, 0.1) is 0 Å². The van der Waals surface area contributed by atoms with Crippen LogP contribution in [0.15, 0.2) is 30.3 Å². The molecule has 0 radical (unpaired) electrons. The third kappa shape index (κ3) is 3.41. The SMILES string of the molecule is O=C(NC1(C(=O)O)CCCC1)C1CCC(c2ccccc2)CC1. The van der Waals surface area contributed by atoms with Gasteiger partial charge < -0.3 is 10.4 Å². The fourth-order valence-electron chi connectivity index (χ4n) is 4.12. The Morgan fingerprint density at radius 2 is 1.61 bits per heavy atom. The van der Waals surface area contributed by atoms with E-state index in [0.717, 1.165) is 38.5 Å². The van der Waals surface area contributed by atoms with E-state index < -0.39 is 11.5 Å². The number of carboxylic acids is 1. The van der Waals surface area contributed by atoms with E-state index in [9.17, 15) is 14.7 Å². The monoisotopic (exact) mass is 315 g/mol. The van der Waals surface area contributed by atoms with Gasteiger partial charge in [-0.3, -0.25) is 4.79 Å². The maximum Gasteiger partial charge on any atom is 0.329 e. The van der Waals surface area contributed by atoms with Gasteiger partial charge >= 0.3 is 5.97 Å². The summed E-state index contributed by atoms with van der Waals surface area (Å²) in [5, 5.41) is 12.4. The van der Waals surface area contributed by atoms with Crippen LogP contribution in [0, 0.1) is 5.92 Å². The van der Waals surface area contributed by atoms with Crippen LogP contribution in [0.4, 0.5) is 0 Å². The number of carbonyl (C=O) groups is 2. The zero-order chi connectivity index (χ0) is 16.3. The van der Waals surface area contributed by atoms with Crippen LogP contribution in [0.3, 0.4) is 0 Å². The number of hydrogen-bond donors (Lipinski definition) is 2. The minimum Gasteiger partial charge on any atom is -0.480 e. The standard InChI is InChI=1S/C19H25NO3/c21-17(20-19(18(22)23)12-4-5-13-19)16-10-8-15(9-11-16)14-6-2-1-3-7-14/h1-3,6-7,15-16H,4-5,8-13H2,(H,20,21)(H,22,23). The lowest BCUT2D eigenvalue weighted by atomic mass is 9.78. The number of benzene rings is 1. The molecule has 0 spiro atoms. The minimum absolute atomic E-state index is 0.0354. The molecule has 0 bridgehead atoms. The third-order valence-corrected chi connectivity index (χ3v) is 5.60. The molecule has 1 aromatic carbocycles. The molecule has 1 amide bonds. The van der Waals surface area contributed by atoms with Crippen molar-refractivity contribution in [1.29, 1.82) is 0 Å². The van der Waals surface area contributed by atoms with Crippen LogP contribution in [0.2, 0.25) is 0 Å². The zero-order valence-corrected chi connectivity index (χ0v) is 13.5. The van der Waals surface area contributed by atoms with E-state index in [4.69, 9.17) is 0 Å². The van der Waals surface area contributed by atoms with E-state index in [0.29, 0.717) is 18.8 Å². The molecule has 2 aliphatic carbocycles. The second-order valence-corrected chi connectivity index (χ2v) is 7.04. The number of aliphatic carboxylic acids is 1. The molecular weight excluding hydrogens is 290 g/mol. The van der Waals surface area contributed by atoms with E-state index in [-0.39, 0.29) is 11.8 Å². The summed E-state index contributed by atoms with van der Waals surface area (Å²) in [6, 6.07) is 10.5. The summed E-state index contributed by atoms with van der Waals surface area (Å²) in [5.74, 6) is -0.436. The number of carbonyl (C=O) groups excluding carboxylic acids is 1. The van der Waals surface area contributed by atoms with Crippen molar-refractivity contribution in [2.24, 2.45) is 5.92 Å². The Morgan fingerprint density at radius 3 is 2.17 bits per heavy atom. The first-order chi connectivity index (χ1) is 11.1. The number of amides is 1. The highest BCUT2D eigenvalue weighted by atomic mass is 16.4. The zero-order valence-electron chi connectivity index (χ0n) is 13.5. The van der Waals surface area contributed by atoms with Crippen LogP contribution in [0.25, 0.3) is 0 Å². The Hall–Kier alpha value is -1.84. The molecule has 3 rings (SSSR count). The highest BCUT2D eigenvalue weighted by molar-refractivity contribution is 5.88. The van der Waals surface area contributed by atoms with Gasteiger partial charge in [-0.1, -0.05) is 43.2 Å². The third-order valence-electron chi connectivity index (χ3n) is 5.60. The van der Waals surface area contributed by atoms with Gasteiger partial charge in [0.25, 0.3) is 0 Å². The average molecular weight is 315 g/mol. The fourth-order valence-corrected chi connectivity index (χ4v) is 4.12. The summed E-state index contributed by atoms with van der Waals surface area (Å²) in [6.45, 7) is 0. The van der Waals surface area contributed by atoms with Crippen molar-refractivity contribution in [3.63, 3.8) is 0 Å². The van der Waals surface area contributed by atoms with Crippen LogP contribution >= 0.6 is 0 Å². The van der Waals surface area contributed by atoms with Crippen LogP contribution in [0.5, 0.6) is 0 Å². The molecule has 0 heterocycles. The van der Waals surface area contributed by atoms with Crippen LogP contribution in [-0.4, -0.2) is 22.5 Å². The van der Waals surface area contributed by atoms with Gasteiger partial charge in [-0.2, -0.15) is 0 Å². The van der Waals surface area contributed by atoms with E-state index >= 15 is 0 Å². The predicted molar refractivity (Wildman–Crippen MR) is 88.1 cm³/mol. The lowest BCUT2D eigenvalue weighted by Crippen LogP contribution is -2.54. The van der Waals surface area contributed by atoms with Crippen LogP contribution < -0.4 is 5.32 Å². The second kappa shape index (κ2) is 6.73. The number of carboxylic acid groups (broad SMARTS) is 1. The molecule has 1 aromatic rings. The summed E-state index contributed by atoms with van der Waals surface area (Å²) in [6.07, 6.45) is 6.59. The van der Waals surface area contributed by atoms with Gasteiger partial charge in [-0.25, -0.2) is 4.79 Å². The molecular formula is C19H25NO3. The van der Waals surface area contributed by atoms with Crippen molar-refractivity contribution in [1.82, 2.24) is 5.32 Å². The van der Waals surface area contributed by atoms with Gasteiger partial charge in [-0.15, -0.1) is 0 Å². The normalized spacial score (nSPS) is 26.6. The summed E-state index contributed by atoms with van der Waals surface area (Å²) in [7, 11) is 0. The van der Waals surface area contributed by atoms with E-state index in [1.807, 2.05) is 6.07 Å². The van der Waals surface area contributed by atoms with Gasteiger partial charge in [-0.05, 0) is 50.0 Å². The second-order valence-electron chi connectivity index (χ2n) is 7.04. The molecule has 0 aromatic heterocycles. The molecule has 23 heavy (non-hydrogen) atoms. The number of hydrogen-bond acceptors (Lipinski definition) is 2. The highest BCUT2D eigenvalue weighted by Crippen LogP contribution is 2.37. The van der Waals surface area contributed by atoms with Crippen LogP contribution in [-0.2, 0) is 9.59 Å². The molecule has 4 heteroatoms. The first-order valence-electron chi connectivity index (χ1n) is 8.71. The molecule has 0 aliphatic heterocycles. The van der Waals surface area contributed by atoms with Gasteiger partial charge in [0.15, 0.2) is 0 Å². The number of nitrogens with one attached hydrogen (secondary N) is 1. The molecule has 2 N–H and O–H groups in total. The molecule has 4 nitrogen and oxygen atoms in total. The maximum atomic E-state index is 12.5. The summed E-state index contributed by atoms with van der Waals surface area (Å²) < 4.78 is 0. The molecule has 124 valence electrons. The number of rotatable bonds is 4. The Labute approximate surface area is 137 Å². The lowest BCUT2D eigenvalue weighted by molar-refractivity contribution is -0.148. The molecule has 0 atom stereocenters. The average Bonchev–Trinajstić information content (AvgIpc) is 3.06.